The smallest absolute Gasteiger partial charge is 0.146 e. The van der Waals surface area contributed by atoms with Gasteiger partial charge < -0.3 is 5.32 Å². The van der Waals surface area contributed by atoms with Gasteiger partial charge in [0, 0.05) is 4.88 Å². The van der Waals surface area contributed by atoms with Gasteiger partial charge in [-0.15, -0.1) is 11.3 Å². The summed E-state index contributed by atoms with van der Waals surface area (Å²) in [5.74, 6) is 0.804. The Balaban J connectivity index is 2.25. The molecule has 16 heavy (non-hydrogen) atoms. The van der Waals surface area contributed by atoms with Crippen molar-refractivity contribution in [2.24, 2.45) is 0 Å². The second-order valence-corrected chi connectivity index (χ2v) is 4.75. The summed E-state index contributed by atoms with van der Waals surface area (Å²) in [5.41, 5.74) is 0. The molecule has 2 aromatic rings. The van der Waals surface area contributed by atoms with Crippen molar-refractivity contribution < 1.29 is 0 Å². The van der Waals surface area contributed by atoms with Gasteiger partial charge in [-0.25, -0.2) is 4.98 Å². The summed E-state index contributed by atoms with van der Waals surface area (Å²) in [6.07, 6.45) is 2.57. The maximum Gasteiger partial charge on any atom is 0.146 e. The molecule has 0 radical (unpaired) electrons. The lowest BCUT2D eigenvalue weighted by atomic mass is 10.2. The van der Waals surface area contributed by atoms with E-state index >= 15 is 0 Å². The fourth-order valence-corrected chi connectivity index (χ4v) is 2.71. The van der Waals surface area contributed by atoms with Crippen LogP contribution in [0.4, 0.5) is 0 Å². The van der Waals surface area contributed by atoms with Gasteiger partial charge in [-0.1, -0.05) is 18.5 Å². The predicted molar refractivity (Wildman–Crippen MR) is 65.8 cm³/mol. The van der Waals surface area contributed by atoms with E-state index in [4.69, 9.17) is 11.6 Å². The Morgan fingerprint density at radius 2 is 2.50 bits per heavy atom. The van der Waals surface area contributed by atoms with Crippen LogP contribution in [0, 0.1) is 0 Å². The second-order valence-electron chi connectivity index (χ2n) is 3.39. The third kappa shape index (κ3) is 2.42. The molecule has 2 aromatic heterocycles. The Bertz CT molecular complexity index is 426. The van der Waals surface area contributed by atoms with Crippen molar-refractivity contribution in [3.05, 3.63) is 33.5 Å². The van der Waals surface area contributed by atoms with E-state index < -0.39 is 0 Å². The van der Waals surface area contributed by atoms with Crippen LogP contribution in [0.3, 0.4) is 0 Å². The highest BCUT2D eigenvalue weighted by atomic mass is 35.5. The Kier molecular flexibility index (Phi) is 3.93. The minimum atomic E-state index is 0.00921. The van der Waals surface area contributed by atoms with Crippen LogP contribution < -0.4 is 5.32 Å². The van der Waals surface area contributed by atoms with Crippen LogP contribution in [-0.2, 0) is 0 Å². The van der Waals surface area contributed by atoms with E-state index in [0.717, 1.165) is 28.7 Å². The van der Waals surface area contributed by atoms with Crippen LogP contribution in [0.25, 0.3) is 0 Å². The zero-order valence-electron chi connectivity index (χ0n) is 8.90. The third-order valence-corrected chi connectivity index (χ3v) is 3.64. The molecule has 2 heterocycles. The van der Waals surface area contributed by atoms with Crippen LogP contribution in [0.5, 0.6) is 0 Å². The van der Waals surface area contributed by atoms with E-state index in [0.29, 0.717) is 0 Å². The van der Waals surface area contributed by atoms with Crippen molar-refractivity contribution in [2.45, 2.75) is 19.4 Å². The number of nitrogens with zero attached hydrogens (tertiary/aromatic N) is 2. The molecule has 0 amide bonds. The molecule has 1 unspecified atom stereocenters. The zero-order valence-corrected chi connectivity index (χ0v) is 10.5. The summed E-state index contributed by atoms with van der Waals surface area (Å²) in [4.78, 5) is 5.26. The Morgan fingerprint density at radius 1 is 1.62 bits per heavy atom. The average Bonchev–Trinajstić information content (AvgIpc) is 2.91. The summed E-state index contributed by atoms with van der Waals surface area (Å²) >= 11 is 7.76. The van der Waals surface area contributed by atoms with Gasteiger partial charge >= 0.3 is 0 Å². The minimum absolute atomic E-state index is 0.00921. The number of hydrogen-bond acceptors (Lipinski definition) is 4. The lowest BCUT2D eigenvalue weighted by molar-refractivity contribution is 0.581. The quantitative estimate of drug-likeness (QED) is 0.865. The van der Waals surface area contributed by atoms with Gasteiger partial charge in [0.1, 0.15) is 18.2 Å². The van der Waals surface area contributed by atoms with Crippen LogP contribution >= 0.6 is 22.9 Å². The summed E-state index contributed by atoms with van der Waals surface area (Å²) < 4.78 is 0. The molecule has 0 saturated carbocycles. The van der Waals surface area contributed by atoms with Gasteiger partial charge in [0.05, 0.1) is 5.02 Å². The third-order valence-electron chi connectivity index (χ3n) is 2.21. The molecule has 0 bridgehead atoms. The predicted octanol–water partition coefficient (Wildman–Crippen LogP) is 2.61. The number of aromatic nitrogens is 3. The van der Waals surface area contributed by atoms with E-state index in [9.17, 15) is 0 Å². The first-order valence-electron chi connectivity index (χ1n) is 5.14. The molecular weight excluding hydrogens is 244 g/mol. The highest BCUT2D eigenvalue weighted by molar-refractivity contribution is 7.10. The van der Waals surface area contributed by atoms with E-state index in [1.54, 1.807) is 11.3 Å². The van der Waals surface area contributed by atoms with Crippen molar-refractivity contribution in [3.63, 3.8) is 0 Å². The summed E-state index contributed by atoms with van der Waals surface area (Å²) in [6.45, 7) is 3.04. The fraction of sp³-hybridized carbons (Fsp3) is 0.400. The Hall–Kier alpha value is -0.910. The molecule has 0 aliphatic carbocycles. The molecule has 4 nitrogen and oxygen atoms in total. The number of aromatic amines is 1. The number of nitrogens with one attached hydrogen (secondary N) is 2. The molecule has 0 spiro atoms. The second kappa shape index (κ2) is 5.43. The first kappa shape index (κ1) is 11.6. The summed E-state index contributed by atoms with van der Waals surface area (Å²) in [6, 6.07) is 1.91. The molecular formula is C10H13ClN4S. The van der Waals surface area contributed by atoms with Crippen LogP contribution in [-0.4, -0.2) is 21.7 Å². The van der Waals surface area contributed by atoms with Crippen molar-refractivity contribution in [1.29, 1.82) is 0 Å². The standard InChI is InChI=1S/C10H13ClN4S/c1-2-4-12-8(10-13-6-14-15-10)9-7(11)3-5-16-9/h3,5-6,8,12H,2,4H2,1H3,(H,13,14,15). The molecule has 0 aromatic carbocycles. The molecule has 0 fully saturated rings. The number of thiophene rings is 1. The van der Waals surface area contributed by atoms with Crippen LogP contribution in [0.15, 0.2) is 17.8 Å². The van der Waals surface area contributed by atoms with Crippen molar-refractivity contribution in [1.82, 2.24) is 20.5 Å². The first-order valence-corrected chi connectivity index (χ1v) is 6.40. The number of hydrogen-bond donors (Lipinski definition) is 2. The van der Waals surface area contributed by atoms with Crippen LogP contribution in [0.1, 0.15) is 30.1 Å². The Morgan fingerprint density at radius 3 is 3.06 bits per heavy atom. The van der Waals surface area contributed by atoms with Gasteiger partial charge in [-0.2, -0.15) is 5.10 Å². The van der Waals surface area contributed by atoms with Gasteiger partial charge in [-0.05, 0) is 24.4 Å². The normalized spacial score (nSPS) is 12.9. The molecule has 0 aliphatic rings. The molecule has 0 aliphatic heterocycles. The monoisotopic (exact) mass is 256 g/mol. The fourth-order valence-electron chi connectivity index (χ4n) is 1.47. The van der Waals surface area contributed by atoms with E-state index in [1.807, 2.05) is 11.4 Å². The van der Waals surface area contributed by atoms with E-state index in [-0.39, 0.29) is 6.04 Å². The number of halogens is 1. The average molecular weight is 257 g/mol. The largest absolute Gasteiger partial charge is 0.303 e. The maximum atomic E-state index is 6.14. The first-order chi connectivity index (χ1) is 7.83. The van der Waals surface area contributed by atoms with Gasteiger partial charge in [0.2, 0.25) is 0 Å². The topological polar surface area (TPSA) is 53.6 Å². The lowest BCUT2D eigenvalue weighted by Crippen LogP contribution is -2.23. The minimum Gasteiger partial charge on any atom is -0.303 e. The lowest BCUT2D eigenvalue weighted by Gasteiger charge is -2.14. The van der Waals surface area contributed by atoms with E-state index in [1.165, 1.54) is 6.33 Å². The molecule has 2 rings (SSSR count). The van der Waals surface area contributed by atoms with Crippen molar-refractivity contribution in [2.75, 3.05) is 6.54 Å². The summed E-state index contributed by atoms with van der Waals surface area (Å²) in [5, 5.41) is 12.9. The number of rotatable bonds is 5. The molecule has 2 N–H and O–H groups in total. The molecule has 6 heteroatoms. The van der Waals surface area contributed by atoms with Gasteiger partial charge in [0.25, 0.3) is 0 Å². The number of H-pyrrole nitrogens is 1. The van der Waals surface area contributed by atoms with Crippen LogP contribution in [0.2, 0.25) is 5.02 Å². The molecule has 86 valence electrons. The zero-order chi connectivity index (χ0) is 11.4. The SMILES string of the molecule is CCCNC(c1ncn[nH]1)c1sccc1Cl. The summed E-state index contributed by atoms with van der Waals surface area (Å²) in [7, 11) is 0. The van der Waals surface area contributed by atoms with E-state index in [2.05, 4.69) is 27.4 Å². The van der Waals surface area contributed by atoms with Gasteiger partial charge in [-0.3, -0.25) is 5.10 Å². The molecule has 1 atom stereocenters. The maximum absolute atomic E-state index is 6.14. The highest BCUT2D eigenvalue weighted by Gasteiger charge is 2.19. The molecule has 0 saturated heterocycles. The van der Waals surface area contributed by atoms with Crippen molar-refractivity contribution in [3.8, 4) is 0 Å². The van der Waals surface area contributed by atoms with Gasteiger partial charge in [0.15, 0.2) is 0 Å². The highest BCUT2D eigenvalue weighted by Crippen LogP contribution is 2.31. The Labute approximate surface area is 103 Å². The van der Waals surface area contributed by atoms with Crippen molar-refractivity contribution >= 4 is 22.9 Å².